The lowest BCUT2D eigenvalue weighted by molar-refractivity contribution is -0.120. The molecule has 3 rings (SSSR count). The number of nitrogens with zero attached hydrogens (tertiary/aromatic N) is 2. The van der Waals surface area contributed by atoms with Crippen LogP contribution >= 0.6 is 0 Å². The molecule has 2 N–H and O–H groups in total. The van der Waals surface area contributed by atoms with Crippen LogP contribution in [-0.4, -0.2) is 62.4 Å². The molecule has 1 atom stereocenters. The van der Waals surface area contributed by atoms with Crippen LogP contribution in [0.4, 0.5) is 11.4 Å². The molecule has 2 aromatic carbocycles. The molecule has 28 heavy (non-hydrogen) atoms. The van der Waals surface area contributed by atoms with Gasteiger partial charge in [-0.2, -0.15) is 0 Å². The van der Waals surface area contributed by atoms with E-state index in [1.807, 2.05) is 25.1 Å². The molecule has 1 unspecified atom stereocenters. The number of rotatable bonds is 6. The fourth-order valence-corrected chi connectivity index (χ4v) is 3.40. The van der Waals surface area contributed by atoms with Crippen molar-refractivity contribution in [3.63, 3.8) is 0 Å². The molecule has 0 aliphatic carbocycles. The van der Waals surface area contributed by atoms with Crippen molar-refractivity contribution >= 4 is 17.3 Å². The molecule has 1 amide bonds. The van der Waals surface area contributed by atoms with Crippen molar-refractivity contribution in [2.75, 3.05) is 50.6 Å². The van der Waals surface area contributed by atoms with Gasteiger partial charge < -0.3 is 24.8 Å². The summed E-state index contributed by atoms with van der Waals surface area (Å²) >= 11 is 0. The first-order chi connectivity index (χ1) is 13.5. The van der Waals surface area contributed by atoms with E-state index in [-0.39, 0.29) is 17.7 Å². The van der Waals surface area contributed by atoms with Gasteiger partial charge in [0.2, 0.25) is 5.91 Å². The molecular weight excluding hydrogens is 358 g/mol. The average Bonchev–Trinajstić information content (AvgIpc) is 2.73. The van der Waals surface area contributed by atoms with E-state index in [0.29, 0.717) is 17.2 Å². The van der Waals surface area contributed by atoms with Gasteiger partial charge in [0, 0.05) is 32.2 Å². The number of benzene rings is 2. The van der Waals surface area contributed by atoms with Crippen LogP contribution in [0.2, 0.25) is 0 Å². The lowest BCUT2D eigenvalue weighted by Crippen LogP contribution is -2.52. The SMILES string of the molecule is COc1ccc(OC)c(NC(=O)C(C)N2CCN(c3ccccc3O)CC2)c1. The van der Waals surface area contributed by atoms with Gasteiger partial charge in [-0.1, -0.05) is 12.1 Å². The third-order valence-electron chi connectivity index (χ3n) is 5.13. The molecule has 0 saturated carbocycles. The van der Waals surface area contributed by atoms with Crippen LogP contribution in [0, 0.1) is 0 Å². The quantitative estimate of drug-likeness (QED) is 0.796. The predicted molar refractivity (Wildman–Crippen MR) is 110 cm³/mol. The Hall–Kier alpha value is -2.93. The zero-order valence-electron chi connectivity index (χ0n) is 16.5. The van der Waals surface area contributed by atoms with Gasteiger partial charge in [-0.15, -0.1) is 0 Å². The summed E-state index contributed by atoms with van der Waals surface area (Å²) in [6, 6.07) is 12.4. The van der Waals surface area contributed by atoms with E-state index in [2.05, 4.69) is 15.1 Å². The highest BCUT2D eigenvalue weighted by Gasteiger charge is 2.27. The monoisotopic (exact) mass is 385 g/mol. The number of methoxy groups -OCH3 is 2. The maximum absolute atomic E-state index is 12.8. The Morgan fingerprint density at radius 3 is 2.43 bits per heavy atom. The van der Waals surface area contributed by atoms with Crippen LogP contribution < -0.4 is 19.7 Å². The smallest absolute Gasteiger partial charge is 0.241 e. The van der Waals surface area contributed by atoms with Gasteiger partial charge in [-0.05, 0) is 31.2 Å². The molecule has 7 heteroatoms. The molecular formula is C21H27N3O4. The summed E-state index contributed by atoms with van der Waals surface area (Å²) in [5.74, 6) is 1.43. The zero-order chi connectivity index (χ0) is 20.1. The second-order valence-corrected chi connectivity index (χ2v) is 6.74. The van der Waals surface area contributed by atoms with Crippen molar-refractivity contribution in [3.8, 4) is 17.2 Å². The number of carbonyl (C=O) groups is 1. The minimum absolute atomic E-state index is 0.0949. The summed E-state index contributed by atoms with van der Waals surface area (Å²) in [5, 5.41) is 13.0. The Bertz CT molecular complexity index is 819. The summed E-state index contributed by atoms with van der Waals surface area (Å²) in [5.41, 5.74) is 1.42. The van der Waals surface area contributed by atoms with Gasteiger partial charge in [0.1, 0.15) is 17.2 Å². The standard InChI is InChI=1S/C21H27N3O4/c1-15(21(26)22-17-14-16(27-2)8-9-20(17)28-3)23-10-12-24(13-11-23)18-6-4-5-7-19(18)25/h4-9,14-15,25H,10-13H2,1-3H3,(H,22,26). The molecule has 0 spiro atoms. The number of aromatic hydroxyl groups is 1. The van der Waals surface area contributed by atoms with Crippen LogP contribution in [0.25, 0.3) is 0 Å². The number of amides is 1. The van der Waals surface area contributed by atoms with E-state index in [4.69, 9.17) is 9.47 Å². The highest BCUT2D eigenvalue weighted by Crippen LogP contribution is 2.30. The lowest BCUT2D eigenvalue weighted by atomic mass is 10.1. The number of ether oxygens (including phenoxy) is 2. The summed E-state index contributed by atoms with van der Waals surface area (Å²) in [4.78, 5) is 17.1. The maximum atomic E-state index is 12.8. The van der Waals surface area contributed by atoms with Crippen molar-refractivity contribution in [1.82, 2.24) is 4.90 Å². The lowest BCUT2D eigenvalue weighted by Gasteiger charge is -2.38. The topological polar surface area (TPSA) is 74.3 Å². The molecule has 7 nitrogen and oxygen atoms in total. The first-order valence-corrected chi connectivity index (χ1v) is 9.33. The van der Waals surface area contributed by atoms with E-state index in [1.54, 1.807) is 38.5 Å². The van der Waals surface area contributed by atoms with Crippen LogP contribution in [-0.2, 0) is 4.79 Å². The summed E-state index contributed by atoms with van der Waals surface area (Å²) in [7, 11) is 3.15. The Labute approximate surface area is 165 Å². The predicted octanol–water partition coefficient (Wildman–Crippen LogP) is 2.56. The number of anilines is 2. The zero-order valence-corrected chi connectivity index (χ0v) is 16.5. The Kier molecular flexibility index (Phi) is 6.26. The molecule has 0 radical (unpaired) electrons. The third kappa shape index (κ3) is 4.31. The minimum Gasteiger partial charge on any atom is -0.506 e. The normalized spacial score (nSPS) is 15.8. The number of phenols is 1. The Balaban J connectivity index is 1.61. The molecule has 1 aliphatic heterocycles. The number of hydrogen-bond donors (Lipinski definition) is 2. The molecule has 150 valence electrons. The summed E-state index contributed by atoms with van der Waals surface area (Å²) in [6.45, 7) is 4.86. The summed E-state index contributed by atoms with van der Waals surface area (Å²) < 4.78 is 10.6. The highest BCUT2D eigenvalue weighted by atomic mass is 16.5. The van der Waals surface area contributed by atoms with Crippen molar-refractivity contribution in [3.05, 3.63) is 42.5 Å². The fraction of sp³-hybridized carbons (Fsp3) is 0.381. The Morgan fingerprint density at radius 1 is 1.07 bits per heavy atom. The molecule has 1 aliphatic rings. The van der Waals surface area contributed by atoms with Crippen LogP contribution in [0.3, 0.4) is 0 Å². The molecule has 0 bridgehead atoms. The molecule has 2 aromatic rings. The molecule has 1 fully saturated rings. The Morgan fingerprint density at radius 2 is 1.79 bits per heavy atom. The first kappa shape index (κ1) is 19.8. The van der Waals surface area contributed by atoms with Gasteiger partial charge in [0.25, 0.3) is 0 Å². The van der Waals surface area contributed by atoms with Gasteiger partial charge >= 0.3 is 0 Å². The van der Waals surface area contributed by atoms with Crippen molar-refractivity contribution in [1.29, 1.82) is 0 Å². The fourth-order valence-electron chi connectivity index (χ4n) is 3.40. The first-order valence-electron chi connectivity index (χ1n) is 9.33. The van der Waals surface area contributed by atoms with Gasteiger partial charge in [-0.25, -0.2) is 0 Å². The van der Waals surface area contributed by atoms with Crippen LogP contribution in [0.15, 0.2) is 42.5 Å². The number of carbonyl (C=O) groups excluding carboxylic acids is 1. The minimum atomic E-state index is -0.289. The number of phenolic OH excluding ortho intramolecular Hbond substituents is 1. The molecule has 1 heterocycles. The second kappa shape index (κ2) is 8.84. The van der Waals surface area contributed by atoms with Gasteiger partial charge in [0.15, 0.2) is 0 Å². The largest absolute Gasteiger partial charge is 0.506 e. The van der Waals surface area contributed by atoms with Crippen molar-refractivity contribution < 1.29 is 19.4 Å². The van der Waals surface area contributed by atoms with E-state index < -0.39 is 0 Å². The number of para-hydroxylation sites is 2. The number of hydrogen-bond acceptors (Lipinski definition) is 6. The molecule has 0 aromatic heterocycles. The van der Waals surface area contributed by atoms with Crippen molar-refractivity contribution in [2.45, 2.75) is 13.0 Å². The second-order valence-electron chi connectivity index (χ2n) is 6.74. The number of piperazine rings is 1. The highest BCUT2D eigenvalue weighted by molar-refractivity contribution is 5.96. The van der Waals surface area contributed by atoms with E-state index in [1.165, 1.54) is 0 Å². The molecule has 1 saturated heterocycles. The number of nitrogens with one attached hydrogen (secondary N) is 1. The van der Waals surface area contributed by atoms with Crippen molar-refractivity contribution in [2.24, 2.45) is 0 Å². The van der Waals surface area contributed by atoms with E-state index in [9.17, 15) is 9.90 Å². The third-order valence-corrected chi connectivity index (χ3v) is 5.13. The average molecular weight is 385 g/mol. The van der Waals surface area contributed by atoms with Crippen LogP contribution in [0.1, 0.15) is 6.92 Å². The van der Waals surface area contributed by atoms with E-state index in [0.717, 1.165) is 31.9 Å². The van der Waals surface area contributed by atoms with Gasteiger partial charge in [-0.3, -0.25) is 9.69 Å². The van der Waals surface area contributed by atoms with Crippen LogP contribution in [0.5, 0.6) is 17.2 Å². The maximum Gasteiger partial charge on any atom is 0.241 e. The van der Waals surface area contributed by atoms with Gasteiger partial charge in [0.05, 0.1) is 31.6 Å². The summed E-state index contributed by atoms with van der Waals surface area (Å²) in [6.07, 6.45) is 0. The van der Waals surface area contributed by atoms with E-state index >= 15 is 0 Å².